The first-order chi connectivity index (χ1) is 10.1. The largest absolute Gasteiger partial charge is 0.435 e. The second-order valence-corrected chi connectivity index (χ2v) is 5.09. The molecule has 2 aromatic rings. The standard InChI is InChI=1S/C15H22N4O2/c1-5-7-11(14-16-8-9-19(14)4)18-15(20)13-10(3)17-12(6-2)21-13/h8-9,11H,5-7H2,1-4H3,(H,18,20)/t11-/m0/s1. The molecule has 0 aliphatic carbocycles. The third-order valence-electron chi connectivity index (χ3n) is 3.40. The third kappa shape index (κ3) is 3.32. The zero-order chi connectivity index (χ0) is 15.4. The minimum absolute atomic E-state index is 0.128. The zero-order valence-corrected chi connectivity index (χ0v) is 13.0. The molecule has 0 bridgehead atoms. The SMILES string of the molecule is CCC[C@H](NC(=O)c1oc(CC)nc1C)c1nccn1C. The summed E-state index contributed by atoms with van der Waals surface area (Å²) in [7, 11) is 1.92. The Morgan fingerprint density at radius 2 is 2.24 bits per heavy atom. The molecule has 0 aliphatic rings. The molecule has 2 rings (SSSR count). The lowest BCUT2D eigenvalue weighted by molar-refractivity contribution is 0.0901. The number of oxazole rings is 1. The Bertz CT molecular complexity index is 615. The Hall–Kier alpha value is -2.11. The van der Waals surface area contributed by atoms with E-state index in [1.807, 2.05) is 24.7 Å². The molecule has 6 nitrogen and oxygen atoms in total. The molecule has 0 spiro atoms. The highest BCUT2D eigenvalue weighted by Gasteiger charge is 2.22. The average molecular weight is 290 g/mol. The van der Waals surface area contributed by atoms with Crippen LogP contribution in [0.5, 0.6) is 0 Å². The predicted molar refractivity (Wildman–Crippen MR) is 78.9 cm³/mol. The van der Waals surface area contributed by atoms with E-state index in [9.17, 15) is 4.79 Å². The van der Waals surface area contributed by atoms with Gasteiger partial charge in [0.05, 0.1) is 11.7 Å². The van der Waals surface area contributed by atoms with Crippen molar-refractivity contribution < 1.29 is 9.21 Å². The number of nitrogens with one attached hydrogen (secondary N) is 1. The first kappa shape index (κ1) is 15.3. The maximum Gasteiger partial charge on any atom is 0.289 e. The van der Waals surface area contributed by atoms with E-state index in [-0.39, 0.29) is 11.9 Å². The van der Waals surface area contributed by atoms with Gasteiger partial charge in [0, 0.05) is 25.9 Å². The number of amides is 1. The number of carbonyl (C=O) groups excluding carboxylic acids is 1. The topological polar surface area (TPSA) is 73.0 Å². The molecule has 1 atom stereocenters. The smallest absolute Gasteiger partial charge is 0.289 e. The number of aryl methyl sites for hydroxylation is 3. The average Bonchev–Trinajstić information content (AvgIpc) is 3.04. The fourth-order valence-corrected chi connectivity index (χ4v) is 2.31. The van der Waals surface area contributed by atoms with E-state index in [4.69, 9.17) is 4.42 Å². The lowest BCUT2D eigenvalue weighted by atomic mass is 10.1. The van der Waals surface area contributed by atoms with E-state index in [1.54, 1.807) is 13.1 Å². The molecule has 0 saturated carbocycles. The summed E-state index contributed by atoms with van der Waals surface area (Å²) < 4.78 is 7.42. The zero-order valence-electron chi connectivity index (χ0n) is 13.0. The van der Waals surface area contributed by atoms with E-state index in [0.29, 0.717) is 23.8 Å². The van der Waals surface area contributed by atoms with Crippen molar-refractivity contribution in [2.45, 2.75) is 46.1 Å². The van der Waals surface area contributed by atoms with Gasteiger partial charge < -0.3 is 14.3 Å². The highest BCUT2D eigenvalue weighted by atomic mass is 16.4. The maximum atomic E-state index is 12.4. The second kappa shape index (κ2) is 6.56. The van der Waals surface area contributed by atoms with Crippen molar-refractivity contribution in [1.82, 2.24) is 19.9 Å². The summed E-state index contributed by atoms with van der Waals surface area (Å²) in [6.45, 7) is 5.81. The van der Waals surface area contributed by atoms with Gasteiger partial charge in [0.25, 0.3) is 5.91 Å². The van der Waals surface area contributed by atoms with Crippen LogP contribution < -0.4 is 5.32 Å². The van der Waals surface area contributed by atoms with Gasteiger partial charge in [-0.3, -0.25) is 4.79 Å². The van der Waals surface area contributed by atoms with Crippen molar-refractivity contribution in [3.8, 4) is 0 Å². The number of aromatic nitrogens is 3. The summed E-state index contributed by atoms with van der Waals surface area (Å²) in [4.78, 5) is 21.0. The Kier molecular flexibility index (Phi) is 4.77. The summed E-state index contributed by atoms with van der Waals surface area (Å²) in [6, 6.07) is -0.128. The summed E-state index contributed by atoms with van der Waals surface area (Å²) in [5.41, 5.74) is 0.624. The van der Waals surface area contributed by atoms with Crippen LogP contribution in [-0.2, 0) is 13.5 Å². The number of hydrogen-bond donors (Lipinski definition) is 1. The monoisotopic (exact) mass is 290 g/mol. The molecule has 0 radical (unpaired) electrons. The van der Waals surface area contributed by atoms with Gasteiger partial charge in [0.1, 0.15) is 5.82 Å². The van der Waals surface area contributed by atoms with Crippen molar-refractivity contribution in [3.63, 3.8) is 0 Å². The molecule has 0 saturated heterocycles. The molecular weight excluding hydrogens is 268 g/mol. The molecule has 21 heavy (non-hydrogen) atoms. The fraction of sp³-hybridized carbons (Fsp3) is 0.533. The second-order valence-electron chi connectivity index (χ2n) is 5.09. The van der Waals surface area contributed by atoms with Crippen molar-refractivity contribution >= 4 is 5.91 Å². The van der Waals surface area contributed by atoms with Crippen LogP contribution in [-0.4, -0.2) is 20.4 Å². The number of rotatable bonds is 6. The Morgan fingerprint density at radius 1 is 1.48 bits per heavy atom. The van der Waals surface area contributed by atoms with E-state index in [0.717, 1.165) is 18.7 Å². The van der Waals surface area contributed by atoms with E-state index in [1.165, 1.54) is 0 Å². The molecule has 0 fully saturated rings. The maximum absolute atomic E-state index is 12.4. The molecule has 2 aromatic heterocycles. The van der Waals surface area contributed by atoms with Crippen LogP contribution in [0.4, 0.5) is 0 Å². The quantitative estimate of drug-likeness (QED) is 0.887. The number of carbonyl (C=O) groups is 1. The van der Waals surface area contributed by atoms with Gasteiger partial charge >= 0.3 is 0 Å². The Morgan fingerprint density at radius 3 is 2.76 bits per heavy atom. The van der Waals surface area contributed by atoms with Gasteiger partial charge in [-0.1, -0.05) is 20.3 Å². The van der Waals surface area contributed by atoms with Crippen molar-refractivity contribution in [2.75, 3.05) is 0 Å². The minimum Gasteiger partial charge on any atom is -0.435 e. The first-order valence-electron chi connectivity index (χ1n) is 7.31. The Labute approximate surface area is 124 Å². The molecule has 1 N–H and O–H groups in total. The lowest BCUT2D eigenvalue weighted by Crippen LogP contribution is -2.30. The van der Waals surface area contributed by atoms with Crippen LogP contribution >= 0.6 is 0 Å². The van der Waals surface area contributed by atoms with Gasteiger partial charge in [0.15, 0.2) is 5.89 Å². The molecule has 0 unspecified atom stereocenters. The molecular formula is C15H22N4O2. The fourth-order valence-electron chi connectivity index (χ4n) is 2.31. The van der Waals surface area contributed by atoms with E-state index < -0.39 is 0 Å². The van der Waals surface area contributed by atoms with E-state index >= 15 is 0 Å². The van der Waals surface area contributed by atoms with Crippen LogP contribution in [0.1, 0.15) is 60.7 Å². The van der Waals surface area contributed by atoms with Gasteiger partial charge in [-0.15, -0.1) is 0 Å². The number of hydrogen-bond acceptors (Lipinski definition) is 4. The van der Waals surface area contributed by atoms with Crippen LogP contribution in [0, 0.1) is 6.92 Å². The lowest BCUT2D eigenvalue weighted by Gasteiger charge is -2.17. The van der Waals surface area contributed by atoms with Gasteiger partial charge in [-0.2, -0.15) is 0 Å². The van der Waals surface area contributed by atoms with Crippen molar-refractivity contribution in [2.24, 2.45) is 7.05 Å². The molecule has 1 amide bonds. The van der Waals surface area contributed by atoms with Gasteiger partial charge in [-0.25, -0.2) is 9.97 Å². The Balaban J connectivity index is 2.18. The highest BCUT2D eigenvalue weighted by molar-refractivity contribution is 5.92. The van der Waals surface area contributed by atoms with Gasteiger partial charge in [-0.05, 0) is 13.3 Å². The van der Waals surface area contributed by atoms with Crippen LogP contribution in [0.25, 0.3) is 0 Å². The first-order valence-corrected chi connectivity index (χ1v) is 7.31. The normalized spacial score (nSPS) is 12.4. The number of imidazole rings is 1. The van der Waals surface area contributed by atoms with Crippen molar-refractivity contribution in [1.29, 1.82) is 0 Å². The summed E-state index contributed by atoms with van der Waals surface area (Å²) in [5.74, 6) is 1.49. The number of nitrogens with zero attached hydrogens (tertiary/aromatic N) is 3. The van der Waals surface area contributed by atoms with Crippen molar-refractivity contribution in [3.05, 3.63) is 35.6 Å². The summed E-state index contributed by atoms with van der Waals surface area (Å²) >= 11 is 0. The molecule has 2 heterocycles. The van der Waals surface area contributed by atoms with Gasteiger partial charge in [0.2, 0.25) is 5.76 Å². The summed E-state index contributed by atoms with van der Waals surface area (Å²) in [6.07, 6.45) is 6.06. The molecule has 114 valence electrons. The minimum atomic E-state index is -0.235. The summed E-state index contributed by atoms with van der Waals surface area (Å²) in [5, 5.41) is 3.00. The molecule has 0 aliphatic heterocycles. The molecule has 6 heteroatoms. The van der Waals surface area contributed by atoms with Crippen LogP contribution in [0.2, 0.25) is 0 Å². The highest BCUT2D eigenvalue weighted by Crippen LogP contribution is 2.18. The predicted octanol–water partition coefficient (Wildman–Crippen LogP) is 2.55. The van der Waals surface area contributed by atoms with E-state index in [2.05, 4.69) is 22.2 Å². The third-order valence-corrected chi connectivity index (χ3v) is 3.40. The molecule has 0 aromatic carbocycles. The van der Waals surface area contributed by atoms with Crippen LogP contribution in [0.15, 0.2) is 16.8 Å². The van der Waals surface area contributed by atoms with Crippen LogP contribution in [0.3, 0.4) is 0 Å².